The van der Waals surface area contributed by atoms with E-state index in [2.05, 4.69) is 4.99 Å². The summed E-state index contributed by atoms with van der Waals surface area (Å²) in [6, 6.07) is 8.65. The van der Waals surface area contributed by atoms with Crippen LogP contribution in [0.1, 0.15) is 10.4 Å². The van der Waals surface area contributed by atoms with Gasteiger partial charge in [-0.25, -0.2) is 0 Å². The van der Waals surface area contributed by atoms with E-state index in [1.807, 2.05) is 0 Å². The second-order valence-electron chi connectivity index (χ2n) is 6.23. The minimum atomic E-state index is -0.590. The van der Waals surface area contributed by atoms with E-state index >= 15 is 0 Å². The van der Waals surface area contributed by atoms with Crippen molar-refractivity contribution in [3.8, 4) is 11.5 Å². The Balaban J connectivity index is 1.81. The van der Waals surface area contributed by atoms with Gasteiger partial charge in [-0.3, -0.25) is 19.7 Å². The van der Waals surface area contributed by atoms with Crippen molar-refractivity contribution in [3.63, 3.8) is 0 Å². The molecule has 3 aromatic rings. The second-order valence-corrected chi connectivity index (χ2v) is 7.24. The molecule has 0 unspecified atom stereocenters. The Morgan fingerprint density at radius 1 is 1.20 bits per heavy atom. The summed E-state index contributed by atoms with van der Waals surface area (Å²) < 4.78 is 18.3. The topological polar surface area (TPSA) is 122 Å². The maximum atomic E-state index is 12.6. The van der Waals surface area contributed by atoms with Gasteiger partial charge in [0.25, 0.3) is 11.6 Å². The van der Waals surface area contributed by atoms with E-state index in [-0.39, 0.29) is 22.6 Å². The first-order valence-corrected chi connectivity index (χ1v) is 9.61. The number of hydrogen-bond acceptors (Lipinski definition) is 8. The molecule has 4 rings (SSSR count). The van der Waals surface area contributed by atoms with Crippen LogP contribution in [0.4, 0.5) is 5.69 Å². The number of carbonyl (C=O) groups is 2. The van der Waals surface area contributed by atoms with Crippen LogP contribution in [-0.2, 0) is 16.1 Å². The highest BCUT2D eigenvalue weighted by molar-refractivity contribution is 7.16. The van der Waals surface area contributed by atoms with Crippen LogP contribution < -0.4 is 14.3 Å². The zero-order chi connectivity index (χ0) is 21.3. The van der Waals surface area contributed by atoms with E-state index < -0.39 is 16.8 Å². The number of thiazole rings is 1. The fraction of sp³-hybridized carbons (Fsp3) is 0.211. The summed E-state index contributed by atoms with van der Waals surface area (Å²) in [5, 5.41) is 10.8. The highest BCUT2D eigenvalue weighted by atomic mass is 32.1. The van der Waals surface area contributed by atoms with Gasteiger partial charge in [0.05, 0.1) is 22.2 Å². The minimum Gasteiger partial charge on any atom is -0.486 e. The molecule has 0 fully saturated rings. The van der Waals surface area contributed by atoms with E-state index in [4.69, 9.17) is 14.2 Å². The molecular weight excluding hydrogens is 414 g/mol. The summed E-state index contributed by atoms with van der Waals surface area (Å²) in [4.78, 5) is 39.2. The quantitative estimate of drug-likeness (QED) is 0.354. The maximum absolute atomic E-state index is 12.6. The Morgan fingerprint density at radius 2 is 1.87 bits per heavy atom. The number of esters is 1. The maximum Gasteiger partial charge on any atom is 0.325 e. The fourth-order valence-electron chi connectivity index (χ4n) is 2.92. The number of ether oxygens (including phenoxy) is 3. The molecule has 30 heavy (non-hydrogen) atoms. The van der Waals surface area contributed by atoms with Crippen molar-refractivity contribution in [2.24, 2.45) is 4.99 Å². The van der Waals surface area contributed by atoms with Crippen molar-refractivity contribution >= 4 is 39.1 Å². The zero-order valence-electron chi connectivity index (χ0n) is 15.7. The number of rotatable bonds is 4. The number of carbonyl (C=O) groups excluding carboxylic acids is 2. The van der Waals surface area contributed by atoms with Gasteiger partial charge in [-0.05, 0) is 12.1 Å². The molecule has 1 aromatic heterocycles. The van der Waals surface area contributed by atoms with Crippen LogP contribution in [0.2, 0.25) is 0 Å². The first-order chi connectivity index (χ1) is 14.5. The number of non-ortho nitro benzene ring substituents is 1. The number of nitro benzene ring substituents is 1. The average Bonchev–Trinajstić information content (AvgIpc) is 3.07. The molecule has 0 spiro atoms. The molecule has 0 saturated carbocycles. The molecule has 1 amide bonds. The lowest BCUT2D eigenvalue weighted by Gasteiger charge is -2.18. The molecule has 0 aliphatic carbocycles. The van der Waals surface area contributed by atoms with Gasteiger partial charge in [-0.1, -0.05) is 11.3 Å². The Labute approximate surface area is 173 Å². The summed E-state index contributed by atoms with van der Waals surface area (Å²) in [6.45, 7) is 0.694. The van der Waals surface area contributed by atoms with E-state index in [1.165, 1.54) is 42.7 Å². The third kappa shape index (κ3) is 3.74. The van der Waals surface area contributed by atoms with Crippen molar-refractivity contribution in [3.05, 3.63) is 56.9 Å². The summed E-state index contributed by atoms with van der Waals surface area (Å²) in [5.74, 6) is 0.0213. The van der Waals surface area contributed by atoms with Crippen LogP contribution in [0.15, 0.2) is 41.4 Å². The first-order valence-electron chi connectivity index (χ1n) is 8.79. The molecule has 10 nitrogen and oxygen atoms in total. The molecule has 0 radical (unpaired) electrons. The molecule has 0 N–H and O–H groups in total. The molecule has 1 aliphatic rings. The van der Waals surface area contributed by atoms with Gasteiger partial charge in [0.1, 0.15) is 19.8 Å². The lowest BCUT2D eigenvalue weighted by Crippen LogP contribution is -2.22. The van der Waals surface area contributed by atoms with Crippen LogP contribution in [0.25, 0.3) is 10.2 Å². The Hall–Kier alpha value is -3.73. The number of amides is 1. The van der Waals surface area contributed by atoms with Gasteiger partial charge >= 0.3 is 5.97 Å². The number of aromatic nitrogens is 1. The van der Waals surface area contributed by atoms with Crippen LogP contribution >= 0.6 is 11.3 Å². The van der Waals surface area contributed by atoms with Gasteiger partial charge in [-0.15, -0.1) is 0 Å². The monoisotopic (exact) mass is 429 g/mol. The van der Waals surface area contributed by atoms with Crippen molar-refractivity contribution in [2.75, 3.05) is 20.3 Å². The van der Waals surface area contributed by atoms with Crippen LogP contribution in [0.3, 0.4) is 0 Å². The first kappa shape index (κ1) is 19.6. The molecule has 2 heterocycles. The number of hydrogen-bond donors (Lipinski definition) is 0. The standard InChI is InChI=1S/C19H15N3O7S/c1-27-17(23)10-21-13-8-14-15(29-7-6-28-14)9-16(13)30-19(21)20-18(24)11-2-4-12(5-3-11)22(25)26/h2-5,8-9H,6-7,10H2,1H3. The van der Waals surface area contributed by atoms with Gasteiger partial charge in [0.15, 0.2) is 16.3 Å². The molecule has 11 heteroatoms. The van der Waals surface area contributed by atoms with Crippen molar-refractivity contribution < 1.29 is 28.7 Å². The van der Waals surface area contributed by atoms with E-state index in [9.17, 15) is 19.7 Å². The molecule has 0 bridgehead atoms. The third-order valence-electron chi connectivity index (χ3n) is 4.38. The predicted octanol–water partition coefficient (Wildman–Crippen LogP) is 2.30. The molecule has 1 aliphatic heterocycles. The van der Waals surface area contributed by atoms with E-state index in [0.717, 1.165) is 4.70 Å². The largest absolute Gasteiger partial charge is 0.486 e. The number of nitrogens with zero attached hydrogens (tertiary/aromatic N) is 3. The van der Waals surface area contributed by atoms with Crippen LogP contribution in [0.5, 0.6) is 11.5 Å². The SMILES string of the molecule is COC(=O)Cn1c(=NC(=O)c2ccc([N+](=O)[O-])cc2)sc2cc3c(cc21)OCCO3. The molecule has 2 aromatic carbocycles. The van der Waals surface area contributed by atoms with Gasteiger partial charge in [-0.2, -0.15) is 4.99 Å². The Kier molecular flexibility index (Phi) is 5.19. The smallest absolute Gasteiger partial charge is 0.325 e. The van der Waals surface area contributed by atoms with Crippen molar-refractivity contribution in [2.45, 2.75) is 6.54 Å². The predicted molar refractivity (Wildman–Crippen MR) is 106 cm³/mol. The highest BCUT2D eigenvalue weighted by Gasteiger charge is 2.18. The van der Waals surface area contributed by atoms with Gasteiger partial charge < -0.3 is 18.8 Å². The Morgan fingerprint density at radius 3 is 2.50 bits per heavy atom. The molecule has 154 valence electrons. The minimum absolute atomic E-state index is 0.125. The average molecular weight is 429 g/mol. The summed E-state index contributed by atoms with van der Waals surface area (Å²) in [5.41, 5.74) is 0.707. The summed E-state index contributed by atoms with van der Waals surface area (Å²) in [6.07, 6.45) is 0. The molecule has 0 saturated heterocycles. The number of nitro groups is 1. The Bertz CT molecular complexity index is 1230. The van der Waals surface area contributed by atoms with Crippen LogP contribution in [-0.4, -0.2) is 41.7 Å². The van der Waals surface area contributed by atoms with E-state index in [1.54, 1.807) is 16.7 Å². The van der Waals surface area contributed by atoms with E-state index in [0.29, 0.717) is 30.2 Å². The van der Waals surface area contributed by atoms with Crippen molar-refractivity contribution in [1.29, 1.82) is 0 Å². The van der Waals surface area contributed by atoms with Gasteiger partial charge in [0.2, 0.25) is 0 Å². The highest BCUT2D eigenvalue weighted by Crippen LogP contribution is 2.35. The lowest BCUT2D eigenvalue weighted by molar-refractivity contribution is -0.384. The molecular formula is C19H15N3O7S. The fourth-order valence-corrected chi connectivity index (χ4v) is 3.95. The summed E-state index contributed by atoms with van der Waals surface area (Å²) in [7, 11) is 1.27. The number of fused-ring (bicyclic) bond motifs is 2. The summed E-state index contributed by atoms with van der Waals surface area (Å²) >= 11 is 1.20. The molecule has 0 atom stereocenters. The zero-order valence-corrected chi connectivity index (χ0v) is 16.5. The van der Waals surface area contributed by atoms with Gasteiger partial charge in [0, 0.05) is 29.8 Å². The number of methoxy groups -OCH3 is 1. The van der Waals surface area contributed by atoms with Crippen LogP contribution in [0, 0.1) is 10.1 Å². The van der Waals surface area contributed by atoms with Crippen molar-refractivity contribution in [1.82, 2.24) is 4.57 Å². The lowest BCUT2D eigenvalue weighted by atomic mass is 10.2. The normalized spacial score (nSPS) is 13.3. The number of benzene rings is 2. The third-order valence-corrected chi connectivity index (χ3v) is 5.43. The second kappa shape index (κ2) is 7.95.